The van der Waals surface area contributed by atoms with Gasteiger partial charge in [0, 0.05) is 23.5 Å². The number of methoxy groups -OCH3 is 1. The molecule has 2 rings (SSSR count). The van der Waals surface area contributed by atoms with E-state index in [2.05, 4.69) is 20.6 Å². The third-order valence-corrected chi connectivity index (χ3v) is 4.72. The molecule has 0 aliphatic rings. The monoisotopic (exact) mass is 480 g/mol. The number of nitrogens with one attached hydrogen (secondary N) is 2. The molecule has 0 saturated heterocycles. The van der Waals surface area contributed by atoms with Crippen molar-refractivity contribution in [3.8, 4) is 5.75 Å². The molecule has 0 amide bonds. The Labute approximate surface area is 168 Å². The van der Waals surface area contributed by atoms with Gasteiger partial charge in [-0.15, -0.1) is 35.3 Å². The van der Waals surface area contributed by atoms with Crippen LogP contribution >= 0.6 is 46.9 Å². The van der Waals surface area contributed by atoms with Crippen molar-refractivity contribution in [3.05, 3.63) is 44.9 Å². The number of ether oxygens (including phenoxy) is 1. The number of guanidine groups is 1. The van der Waals surface area contributed by atoms with E-state index in [1.807, 2.05) is 30.6 Å². The SMILES string of the molecule is CN=C(NCCc1ccc(OC)cc1Cl)NCc1scnc1C.I. The number of nitrogens with zero attached hydrogens (tertiary/aromatic N) is 2. The van der Waals surface area contributed by atoms with Crippen LogP contribution in [0.3, 0.4) is 0 Å². The summed E-state index contributed by atoms with van der Waals surface area (Å²) in [5.41, 5.74) is 3.99. The Morgan fingerprint density at radius 2 is 2.17 bits per heavy atom. The van der Waals surface area contributed by atoms with Crippen molar-refractivity contribution in [1.82, 2.24) is 15.6 Å². The van der Waals surface area contributed by atoms with Crippen LogP contribution < -0.4 is 15.4 Å². The van der Waals surface area contributed by atoms with E-state index in [0.717, 1.165) is 47.5 Å². The second-order valence-electron chi connectivity index (χ2n) is 4.92. The molecule has 0 saturated carbocycles. The van der Waals surface area contributed by atoms with Crippen LogP contribution in [0.1, 0.15) is 16.1 Å². The normalized spacial score (nSPS) is 10.9. The summed E-state index contributed by atoms with van der Waals surface area (Å²) in [5.74, 6) is 1.53. The number of thiazole rings is 1. The predicted molar refractivity (Wildman–Crippen MR) is 112 cm³/mol. The molecule has 0 aliphatic heterocycles. The van der Waals surface area contributed by atoms with Crippen LogP contribution in [0, 0.1) is 6.92 Å². The first-order valence-corrected chi connectivity index (χ1v) is 8.55. The molecule has 0 fully saturated rings. The molecule has 0 spiro atoms. The molecular weight excluding hydrogens is 459 g/mol. The molecule has 5 nitrogen and oxygen atoms in total. The Kier molecular flexibility index (Phi) is 9.38. The maximum atomic E-state index is 6.24. The van der Waals surface area contributed by atoms with Crippen molar-refractivity contribution in [2.45, 2.75) is 19.9 Å². The van der Waals surface area contributed by atoms with Crippen LogP contribution in [-0.2, 0) is 13.0 Å². The minimum atomic E-state index is 0. The molecule has 0 atom stereocenters. The highest BCUT2D eigenvalue weighted by molar-refractivity contribution is 14.0. The molecule has 0 bridgehead atoms. The van der Waals surface area contributed by atoms with Crippen LogP contribution in [0.5, 0.6) is 5.75 Å². The number of aromatic nitrogens is 1. The summed E-state index contributed by atoms with van der Waals surface area (Å²) >= 11 is 7.89. The lowest BCUT2D eigenvalue weighted by molar-refractivity contribution is 0.414. The quantitative estimate of drug-likeness (QED) is 0.377. The predicted octanol–water partition coefficient (Wildman–Crippen LogP) is 3.64. The lowest BCUT2D eigenvalue weighted by atomic mass is 10.1. The van der Waals surface area contributed by atoms with Gasteiger partial charge < -0.3 is 15.4 Å². The molecule has 2 aromatic rings. The first kappa shape index (κ1) is 21.0. The summed E-state index contributed by atoms with van der Waals surface area (Å²) in [4.78, 5) is 9.68. The highest BCUT2D eigenvalue weighted by Crippen LogP contribution is 2.22. The van der Waals surface area contributed by atoms with Crippen LogP contribution in [0.25, 0.3) is 0 Å². The molecule has 2 N–H and O–H groups in total. The maximum absolute atomic E-state index is 6.24. The molecule has 1 heterocycles. The molecule has 1 aromatic carbocycles. The van der Waals surface area contributed by atoms with Crippen molar-refractivity contribution in [3.63, 3.8) is 0 Å². The van der Waals surface area contributed by atoms with Gasteiger partial charge in [-0.05, 0) is 31.0 Å². The van der Waals surface area contributed by atoms with Gasteiger partial charge in [-0.25, -0.2) is 4.98 Å². The number of hydrogen-bond donors (Lipinski definition) is 2. The number of rotatable bonds is 6. The van der Waals surface area contributed by atoms with Crippen LogP contribution in [0.4, 0.5) is 0 Å². The van der Waals surface area contributed by atoms with Crippen molar-refractivity contribution >= 4 is 52.9 Å². The zero-order valence-electron chi connectivity index (χ0n) is 13.9. The van der Waals surface area contributed by atoms with Gasteiger partial charge in [0.1, 0.15) is 5.75 Å². The Morgan fingerprint density at radius 1 is 1.38 bits per heavy atom. The number of hydrogen-bond acceptors (Lipinski definition) is 4. The van der Waals surface area contributed by atoms with E-state index in [1.165, 1.54) is 4.88 Å². The Morgan fingerprint density at radius 3 is 2.75 bits per heavy atom. The van der Waals surface area contributed by atoms with Crippen LogP contribution in [-0.4, -0.2) is 31.6 Å². The van der Waals surface area contributed by atoms with E-state index in [9.17, 15) is 0 Å². The van der Waals surface area contributed by atoms with E-state index in [-0.39, 0.29) is 24.0 Å². The van der Waals surface area contributed by atoms with Gasteiger partial charge in [0.05, 0.1) is 24.9 Å². The fourth-order valence-corrected chi connectivity index (χ4v) is 3.04. The lowest BCUT2D eigenvalue weighted by Crippen LogP contribution is -2.37. The third kappa shape index (κ3) is 6.10. The van der Waals surface area contributed by atoms with Crippen molar-refractivity contribution in [2.24, 2.45) is 4.99 Å². The molecule has 0 unspecified atom stereocenters. The summed E-state index contributed by atoms with van der Waals surface area (Å²) in [6, 6.07) is 5.73. The van der Waals surface area contributed by atoms with Gasteiger partial charge in [0.15, 0.2) is 5.96 Å². The summed E-state index contributed by atoms with van der Waals surface area (Å²) in [6.07, 6.45) is 0.809. The standard InChI is InChI=1S/C16H21ClN4OS.HI/c1-11-15(23-10-21-11)9-20-16(18-2)19-7-6-12-4-5-13(22-3)8-14(12)17;/h4-5,8,10H,6-7,9H2,1-3H3,(H2,18,19,20);1H. The summed E-state index contributed by atoms with van der Waals surface area (Å²) in [7, 11) is 3.39. The van der Waals surface area contributed by atoms with Gasteiger partial charge >= 0.3 is 0 Å². The van der Waals surface area contributed by atoms with E-state index in [4.69, 9.17) is 16.3 Å². The van der Waals surface area contributed by atoms with E-state index in [0.29, 0.717) is 0 Å². The summed E-state index contributed by atoms with van der Waals surface area (Å²) in [6.45, 7) is 3.47. The van der Waals surface area contributed by atoms with Gasteiger partial charge in [-0.1, -0.05) is 17.7 Å². The largest absolute Gasteiger partial charge is 0.497 e. The molecule has 0 aliphatic carbocycles. The number of halogens is 2. The zero-order valence-corrected chi connectivity index (χ0v) is 17.8. The Balaban J connectivity index is 0.00000288. The minimum Gasteiger partial charge on any atom is -0.497 e. The molecule has 24 heavy (non-hydrogen) atoms. The molecule has 132 valence electrons. The zero-order chi connectivity index (χ0) is 16.7. The van der Waals surface area contributed by atoms with Crippen molar-refractivity contribution in [2.75, 3.05) is 20.7 Å². The Hall–Kier alpha value is -1.06. The fraction of sp³-hybridized carbons (Fsp3) is 0.375. The summed E-state index contributed by atoms with van der Waals surface area (Å²) in [5, 5.41) is 7.29. The summed E-state index contributed by atoms with van der Waals surface area (Å²) < 4.78 is 5.15. The number of aliphatic imine (C=N–C) groups is 1. The Bertz CT molecular complexity index is 678. The third-order valence-electron chi connectivity index (χ3n) is 3.43. The molecule has 8 heteroatoms. The average Bonchev–Trinajstić information content (AvgIpc) is 2.97. The van der Waals surface area contributed by atoms with Crippen LogP contribution in [0.2, 0.25) is 5.02 Å². The first-order chi connectivity index (χ1) is 11.1. The molecule has 1 aromatic heterocycles. The highest BCUT2D eigenvalue weighted by Gasteiger charge is 2.05. The van der Waals surface area contributed by atoms with Crippen molar-refractivity contribution < 1.29 is 4.74 Å². The number of benzene rings is 1. The van der Waals surface area contributed by atoms with E-state index >= 15 is 0 Å². The lowest BCUT2D eigenvalue weighted by Gasteiger charge is -2.12. The smallest absolute Gasteiger partial charge is 0.191 e. The first-order valence-electron chi connectivity index (χ1n) is 7.30. The van der Waals surface area contributed by atoms with Gasteiger partial charge in [-0.3, -0.25) is 4.99 Å². The van der Waals surface area contributed by atoms with Gasteiger partial charge in [0.2, 0.25) is 0 Å². The average molecular weight is 481 g/mol. The van der Waals surface area contributed by atoms with Crippen LogP contribution in [0.15, 0.2) is 28.7 Å². The minimum absolute atomic E-state index is 0. The van der Waals surface area contributed by atoms with Crippen molar-refractivity contribution in [1.29, 1.82) is 0 Å². The number of aryl methyl sites for hydroxylation is 1. The van der Waals surface area contributed by atoms with E-state index < -0.39 is 0 Å². The van der Waals surface area contributed by atoms with Gasteiger partial charge in [-0.2, -0.15) is 0 Å². The fourth-order valence-electron chi connectivity index (χ4n) is 2.05. The van der Waals surface area contributed by atoms with Gasteiger partial charge in [0.25, 0.3) is 0 Å². The van der Waals surface area contributed by atoms with E-state index in [1.54, 1.807) is 25.5 Å². The second kappa shape index (κ2) is 10.7. The molecule has 0 radical (unpaired) electrons. The topological polar surface area (TPSA) is 58.5 Å². The molecular formula is C16H22ClIN4OS. The maximum Gasteiger partial charge on any atom is 0.191 e. The highest BCUT2D eigenvalue weighted by atomic mass is 127. The second-order valence-corrected chi connectivity index (χ2v) is 6.27.